The highest BCUT2D eigenvalue weighted by Gasteiger charge is 2.38. The van der Waals surface area contributed by atoms with Gasteiger partial charge in [0.25, 0.3) is 0 Å². The Hall–Kier alpha value is -2.34. The van der Waals surface area contributed by atoms with Crippen molar-refractivity contribution in [2.24, 2.45) is 0 Å². The van der Waals surface area contributed by atoms with Crippen molar-refractivity contribution in [3.05, 3.63) is 34.3 Å². The quantitative estimate of drug-likeness (QED) is 0.472. The van der Waals surface area contributed by atoms with Gasteiger partial charge in [-0.15, -0.1) is 0 Å². The average molecular weight is 526 g/mol. The molecule has 12 heteroatoms. The van der Waals surface area contributed by atoms with Crippen LogP contribution in [0.1, 0.15) is 25.3 Å². The second kappa shape index (κ2) is 13.9. The van der Waals surface area contributed by atoms with Gasteiger partial charge >= 0.3 is 18.2 Å². The van der Waals surface area contributed by atoms with Gasteiger partial charge in [0, 0.05) is 36.7 Å². The zero-order valence-corrected chi connectivity index (χ0v) is 19.2. The van der Waals surface area contributed by atoms with Crippen LogP contribution in [0.3, 0.4) is 0 Å². The van der Waals surface area contributed by atoms with Gasteiger partial charge in [-0.05, 0) is 31.4 Å². The summed E-state index contributed by atoms with van der Waals surface area (Å²) in [7, 11) is 0. The molecule has 0 spiro atoms. The van der Waals surface area contributed by atoms with E-state index in [2.05, 4.69) is 26.6 Å². The van der Waals surface area contributed by atoms with Crippen LogP contribution in [-0.4, -0.2) is 73.0 Å². The molecule has 0 aliphatic carbocycles. The Morgan fingerprint density at radius 2 is 1.78 bits per heavy atom. The van der Waals surface area contributed by atoms with Crippen LogP contribution in [0.15, 0.2) is 28.7 Å². The molecule has 0 radical (unpaired) electrons. The van der Waals surface area contributed by atoms with Gasteiger partial charge < -0.3 is 25.4 Å². The number of halogens is 4. The number of benzene rings is 1. The van der Waals surface area contributed by atoms with Gasteiger partial charge in [-0.1, -0.05) is 34.1 Å². The van der Waals surface area contributed by atoms with Crippen molar-refractivity contribution in [2.75, 3.05) is 32.8 Å². The van der Waals surface area contributed by atoms with Crippen LogP contribution in [0.25, 0.3) is 0 Å². The largest absolute Gasteiger partial charge is 0.490 e. The molecule has 32 heavy (non-hydrogen) atoms. The molecule has 0 aromatic heterocycles. The number of ether oxygens (including phenoxy) is 1. The van der Waals surface area contributed by atoms with Gasteiger partial charge in [-0.25, -0.2) is 9.59 Å². The third-order valence-electron chi connectivity index (χ3n) is 4.45. The van der Waals surface area contributed by atoms with E-state index in [1.807, 2.05) is 31.2 Å². The van der Waals surface area contributed by atoms with Crippen LogP contribution in [0.5, 0.6) is 0 Å². The van der Waals surface area contributed by atoms with Gasteiger partial charge in [-0.3, -0.25) is 4.79 Å². The zero-order valence-electron chi connectivity index (χ0n) is 17.6. The highest BCUT2D eigenvalue weighted by Crippen LogP contribution is 2.16. The van der Waals surface area contributed by atoms with E-state index in [4.69, 9.17) is 14.6 Å². The first-order chi connectivity index (χ1) is 15.0. The molecule has 0 saturated carbocycles. The molecule has 0 unspecified atom stereocenters. The number of carboxylic acid groups (broad SMARTS) is 1. The molecule has 1 aromatic rings. The van der Waals surface area contributed by atoms with Crippen LogP contribution in [-0.2, 0) is 20.7 Å². The number of carbonyl (C=O) groups is 3. The molecule has 8 nitrogen and oxygen atoms in total. The van der Waals surface area contributed by atoms with Gasteiger partial charge in [0.05, 0.1) is 13.0 Å². The number of carboxylic acids is 1. The van der Waals surface area contributed by atoms with Gasteiger partial charge in [0.2, 0.25) is 5.91 Å². The lowest BCUT2D eigenvalue weighted by Crippen LogP contribution is -2.46. The fourth-order valence-electron chi connectivity index (χ4n) is 2.84. The topological polar surface area (TPSA) is 108 Å². The van der Waals surface area contributed by atoms with Crippen molar-refractivity contribution in [2.45, 2.75) is 38.4 Å². The molecule has 1 saturated heterocycles. The Labute approximate surface area is 192 Å². The van der Waals surface area contributed by atoms with Crippen LogP contribution in [0, 0.1) is 0 Å². The molecule has 2 rings (SSSR count). The third kappa shape index (κ3) is 10.8. The maximum atomic E-state index is 12.0. The number of carbonyl (C=O) groups excluding carboxylic acids is 2. The predicted octanol–water partition coefficient (Wildman–Crippen LogP) is 2.95. The molecule has 1 aromatic carbocycles. The van der Waals surface area contributed by atoms with Crippen molar-refractivity contribution >= 4 is 33.9 Å². The van der Waals surface area contributed by atoms with E-state index < -0.39 is 12.1 Å². The third-order valence-corrected chi connectivity index (χ3v) is 5.23. The summed E-state index contributed by atoms with van der Waals surface area (Å²) in [5.41, 5.74) is 0.985. The molecule has 1 heterocycles. The Morgan fingerprint density at radius 1 is 1.19 bits per heavy atom. The summed E-state index contributed by atoms with van der Waals surface area (Å²) in [4.78, 5) is 34.3. The lowest BCUT2D eigenvalue weighted by atomic mass is 10.1. The molecular weight excluding hydrogens is 499 g/mol. The van der Waals surface area contributed by atoms with E-state index in [1.165, 1.54) is 0 Å². The first-order valence-corrected chi connectivity index (χ1v) is 10.8. The molecule has 1 aliphatic heterocycles. The average Bonchev–Trinajstić information content (AvgIpc) is 2.73. The number of hydrogen-bond acceptors (Lipinski definition) is 5. The normalized spacial score (nSPS) is 14.2. The Morgan fingerprint density at radius 3 is 2.31 bits per heavy atom. The summed E-state index contributed by atoms with van der Waals surface area (Å²) in [5.74, 6) is -2.74. The number of nitrogens with zero attached hydrogens (tertiary/aromatic N) is 1. The Balaban J connectivity index is 0.000000633. The summed E-state index contributed by atoms with van der Waals surface area (Å²) >= 11 is 3.45. The minimum Gasteiger partial charge on any atom is -0.475 e. The van der Waals surface area contributed by atoms with Crippen molar-refractivity contribution < 1.29 is 37.4 Å². The van der Waals surface area contributed by atoms with E-state index >= 15 is 0 Å². The second-order valence-corrected chi connectivity index (χ2v) is 7.69. The van der Waals surface area contributed by atoms with E-state index in [9.17, 15) is 22.8 Å². The molecule has 1 fully saturated rings. The molecule has 180 valence electrons. The summed E-state index contributed by atoms with van der Waals surface area (Å²) in [6.07, 6.45) is -3.12. The SMILES string of the molecule is CCOC(=O)N1CCC(NCCNC(=O)Cc2ccccc2Br)CC1.O=C(O)C(F)(F)F. The highest BCUT2D eigenvalue weighted by molar-refractivity contribution is 9.10. The van der Waals surface area contributed by atoms with E-state index in [0.29, 0.717) is 38.7 Å². The van der Waals surface area contributed by atoms with Crippen molar-refractivity contribution in [1.82, 2.24) is 15.5 Å². The minimum absolute atomic E-state index is 0.0193. The first-order valence-electron chi connectivity index (χ1n) is 9.99. The molecule has 0 bridgehead atoms. The number of nitrogens with one attached hydrogen (secondary N) is 2. The zero-order chi connectivity index (χ0) is 24.1. The highest BCUT2D eigenvalue weighted by atomic mass is 79.9. The van der Waals surface area contributed by atoms with Crippen LogP contribution < -0.4 is 10.6 Å². The minimum atomic E-state index is -5.08. The summed E-state index contributed by atoms with van der Waals surface area (Å²) in [6.45, 7) is 4.98. The van der Waals surface area contributed by atoms with E-state index in [1.54, 1.807) is 4.90 Å². The summed E-state index contributed by atoms with van der Waals surface area (Å²) < 4.78 is 37.7. The van der Waals surface area contributed by atoms with Crippen LogP contribution in [0.2, 0.25) is 0 Å². The maximum Gasteiger partial charge on any atom is 0.490 e. The molecule has 0 atom stereocenters. The molecular formula is C20H27BrF3N3O5. The number of hydrogen-bond donors (Lipinski definition) is 3. The number of likely N-dealkylation sites (tertiary alicyclic amines) is 1. The Bertz CT molecular complexity index is 756. The van der Waals surface area contributed by atoms with Crippen molar-refractivity contribution in [3.63, 3.8) is 0 Å². The first kappa shape index (κ1) is 27.7. The summed E-state index contributed by atoms with van der Waals surface area (Å²) in [6, 6.07) is 8.12. The van der Waals surface area contributed by atoms with Crippen molar-refractivity contribution in [1.29, 1.82) is 0 Å². The molecule has 1 aliphatic rings. The number of rotatable bonds is 7. The monoisotopic (exact) mass is 525 g/mol. The number of amides is 2. The number of alkyl halides is 3. The maximum absolute atomic E-state index is 12.0. The standard InChI is InChI=1S/C18H26BrN3O3.C2HF3O2/c1-2-25-18(24)22-11-7-15(8-12-22)20-9-10-21-17(23)13-14-5-3-4-6-16(14)19;3-2(4,5)1(6)7/h3-6,15,20H,2,7-13H2,1H3,(H,21,23);(H,6,7). The van der Waals surface area contributed by atoms with Gasteiger partial charge in [0.15, 0.2) is 0 Å². The van der Waals surface area contributed by atoms with Gasteiger partial charge in [0.1, 0.15) is 0 Å². The summed E-state index contributed by atoms with van der Waals surface area (Å²) in [5, 5.41) is 13.5. The number of aliphatic carboxylic acids is 1. The molecule has 2 amide bonds. The Kier molecular flexibility index (Phi) is 12.1. The lowest BCUT2D eigenvalue weighted by Gasteiger charge is -2.31. The lowest BCUT2D eigenvalue weighted by molar-refractivity contribution is -0.192. The fraction of sp³-hybridized carbons (Fsp3) is 0.550. The smallest absolute Gasteiger partial charge is 0.475 e. The van der Waals surface area contributed by atoms with E-state index in [0.717, 1.165) is 29.4 Å². The molecule has 3 N–H and O–H groups in total. The van der Waals surface area contributed by atoms with E-state index in [-0.39, 0.29) is 12.0 Å². The number of piperidine rings is 1. The van der Waals surface area contributed by atoms with Crippen molar-refractivity contribution in [3.8, 4) is 0 Å². The fourth-order valence-corrected chi connectivity index (χ4v) is 3.26. The van der Waals surface area contributed by atoms with Crippen LogP contribution >= 0.6 is 15.9 Å². The van der Waals surface area contributed by atoms with Crippen LogP contribution in [0.4, 0.5) is 18.0 Å². The second-order valence-electron chi connectivity index (χ2n) is 6.84. The predicted molar refractivity (Wildman–Crippen MR) is 114 cm³/mol. The van der Waals surface area contributed by atoms with Gasteiger partial charge in [-0.2, -0.15) is 13.2 Å².